The first kappa shape index (κ1) is 21.8. The van der Waals surface area contributed by atoms with Crippen molar-refractivity contribution in [3.05, 3.63) is 70.0 Å². The van der Waals surface area contributed by atoms with E-state index in [1.54, 1.807) is 6.92 Å². The van der Waals surface area contributed by atoms with Crippen molar-refractivity contribution in [2.75, 3.05) is 13.1 Å². The van der Waals surface area contributed by atoms with Gasteiger partial charge in [-0.25, -0.2) is 4.39 Å². The van der Waals surface area contributed by atoms with Gasteiger partial charge in [0.1, 0.15) is 5.82 Å². The number of amides is 1. The van der Waals surface area contributed by atoms with Crippen LogP contribution in [0.5, 0.6) is 0 Å². The Labute approximate surface area is 178 Å². The highest BCUT2D eigenvalue weighted by Gasteiger charge is 2.33. The molecule has 1 heterocycles. The lowest BCUT2D eigenvalue weighted by Gasteiger charge is -2.38. The van der Waals surface area contributed by atoms with E-state index >= 15 is 0 Å². The monoisotopic (exact) mass is 416 g/mol. The average molecular weight is 417 g/mol. The van der Waals surface area contributed by atoms with E-state index in [-0.39, 0.29) is 29.6 Å². The van der Waals surface area contributed by atoms with Gasteiger partial charge in [-0.05, 0) is 61.4 Å². The maximum absolute atomic E-state index is 13.8. The molecule has 156 valence electrons. The Bertz CT molecular complexity index is 857. The van der Waals surface area contributed by atoms with Gasteiger partial charge in [0.05, 0.1) is 5.92 Å². The van der Waals surface area contributed by atoms with Crippen LogP contribution in [0, 0.1) is 18.7 Å². The molecule has 3 nitrogen and oxygen atoms in total. The molecule has 3 atom stereocenters. The summed E-state index contributed by atoms with van der Waals surface area (Å²) in [4.78, 5) is 15.2. The van der Waals surface area contributed by atoms with Crippen LogP contribution in [0.4, 0.5) is 4.39 Å². The number of carbonyl (C=O) groups is 1. The summed E-state index contributed by atoms with van der Waals surface area (Å²) in [6.45, 7) is 8.11. The van der Waals surface area contributed by atoms with Gasteiger partial charge in [0, 0.05) is 30.7 Å². The first-order valence-electron chi connectivity index (χ1n) is 10.4. The molecular weight excluding hydrogens is 387 g/mol. The molecule has 0 spiro atoms. The normalized spacial score (nSPS) is 21.0. The number of rotatable bonds is 6. The number of piperidine rings is 1. The molecule has 0 bridgehead atoms. The molecule has 1 aliphatic rings. The highest BCUT2D eigenvalue weighted by Crippen LogP contribution is 2.33. The molecule has 0 aromatic heterocycles. The van der Waals surface area contributed by atoms with Crippen LogP contribution in [0.1, 0.15) is 49.3 Å². The van der Waals surface area contributed by atoms with Crippen LogP contribution in [0.3, 0.4) is 0 Å². The number of aryl methyl sites for hydroxylation is 1. The third-order valence-electron chi connectivity index (χ3n) is 5.90. The SMILES string of the molecule is CC[C@@H](C)NC(=O)[C@H]1C[C@H](c2ccc(F)c(C)c2)CN(Cc2ccccc2Cl)C1. The van der Waals surface area contributed by atoms with Crippen molar-refractivity contribution in [1.82, 2.24) is 10.2 Å². The molecule has 1 saturated heterocycles. The fraction of sp³-hybridized carbons (Fsp3) is 0.458. The Morgan fingerprint density at radius 3 is 2.72 bits per heavy atom. The Morgan fingerprint density at radius 2 is 2.03 bits per heavy atom. The molecule has 0 saturated carbocycles. The maximum Gasteiger partial charge on any atom is 0.224 e. The van der Waals surface area contributed by atoms with Crippen LogP contribution < -0.4 is 5.32 Å². The fourth-order valence-electron chi connectivity index (χ4n) is 4.00. The van der Waals surface area contributed by atoms with Crippen molar-refractivity contribution in [3.8, 4) is 0 Å². The first-order valence-corrected chi connectivity index (χ1v) is 10.8. The molecule has 1 aliphatic heterocycles. The highest BCUT2D eigenvalue weighted by atomic mass is 35.5. The molecular formula is C24H30ClFN2O. The quantitative estimate of drug-likeness (QED) is 0.692. The fourth-order valence-corrected chi connectivity index (χ4v) is 4.20. The van der Waals surface area contributed by atoms with Crippen LogP contribution in [-0.4, -0.2) is 29.9 Å². The van der Waals surface area contributed by atoms with Crippen molar-refractivity contribution < 1.29 is 9.18 Å². The summed E-state index contributed by atoms with van der Waals surface area (Å²) in [7, 11) is 0. The predicted octanol–water partition coefficient (Wildman–Crippen LogP) is 5.31. The molecule has 0 unspecified atom stereocenters. The van der Waals surface area contributed by atoms with Crippen LogP contribution in [0.15, 0.2) is 42.5 Å². The largest absolute Gasteiger partial charge is 0.353 e. The highest BCUT2D eigenvalue weighted by molar-refractivity contribution is 6.31. The van der Waals surface area contributed by atoms with Gasteiger partial charge in [0.2, 0.25) is 5.91 Å². The zero-order valence-corrected chi connectivity index (χ0v) is 18.2. The third-order valence-corrected chi connectivity index (χ3v) is 6.27. The minimum atomic E-state index is -0.191. The summed E-state index contributed by atoms with van der Waals surface area (Å²) in [6.07, 6.45) is 1.68. The number of nitrogens with one attached hydrogen (secondary N) is 1. The molecule has 1 N–H and O–H groups in total. The summed E-state index contributed by atoms with van der Waals surface area (Å²) in [5.41, 5.74) is 2.80. The van der Waals surface area contributed by atoms with Crippen LogP contribution in [0.2, 0.25) is 5.02 Å². The summed E-state index contributed by atoms with van der Waals surface area (Å²) in [6, 6.07) is 13.3. The minimum absolute atomic E-state index is 0.101. The second-order valence-corrected chi connectivity index (χ2v) is 8.65. The van der Waals surface area contributed by atoms with Gasteiger partial charge in [-0.15, -0.1) is 0 Å². The molecule has 2 aromatic rings. The van der Waals surface area contributed by atoms with Gasteiger partial charge >= 0.3 is 0 Å². The number of benzene rings is 2. The zero-order chi connectivity index (χ0) is 21.0. The van der Waals surface area contributed by atoms with E-state index in [4.69, 9.17) is 11.6 Å². The molecule has 1 fully saturated rings. The molecule has 0 aliphatic carbocycles. The summed E-state index contributed by atoms with van der Waals surface area (Å²) in [5, 5.41) is 3.88. The van der Waals surface area contributed by atoms with Gasteiger partial charge in [-0.1, -0.05) is 48.9 Å². The number of carbonyl (C=O) groups excluding carboxylic acids is 1. The van der Waals surface area contributed by atoms with Crippen molar-refractivity contribution in [2.45, 2.75) is 52.1 Å². The van der Waals surface area contributed by atoms with E-state index in [0.29, 0.717) is 18.7 Å². The molecule has 1 amide bonds. The van der Waals surface area contributed by atoms with Crippen molar-refractivity contribution in [2.24, 2.45) is 5.92 Å². The summed E-state index contributed by atoms with van der Waals surface area (Å²) >= 11 is 6.37. The van der Waals surface area contributed by atoms with Gasteiger partial charge in [0.15, 0.2) is 0 Å². The lowest BCUT2D eigenvalue weighted by Crippen LogP contribution is -2.47. The van der Waals surface area contributed by atoms with Crippen molar-refractivity contribution in [1.29, 1.82) is 0 Å². The lowest BCUT2D eigenvalue weighted by atomic mass is 9.83. The van der Waals surface area contributed by atoms with E-state index in [1.807, 2.05) is 43.3 Å². The maximum atomic E-state index is 13.8. The molecule has 0 radical (unpaired) electrons. The van der Waals surface area contributed by atoms with Crippen LogP contribution in [0.25, 0.3) is 0 Å². The van der Waals surface area contributed by atoms with E-state index in [2.05, 4.69) is 17.1 Å². The first-order chi connectivity index (χ1) is 13.9. The van der Waals surface area contributed by atoms with Gasteiger partial charge in [-0.3, -0.25) is 9.69 Å². The number of hydrogen-bond acceptors (Lipinski definition) is 2. The van der Waals surface area contributed by atoms with E-state index in [1.165, 1.54) is 6.07 Å². The molecule has 5 heteroatoms. The zero-order valence-electron chi connectivity index (χ0n) is 17.4. The van der Waals surface area contributed by atoms with E-state index in [0.717, 1.165) is 35.5 Å². The topological polar surface area (TPSA) is 32.3 Å². The molecule has 3 rings (SSSR count). The van der Waals surface area contributed by atoms with Gasteiger partial charge in [0.25, 0.3) is 0 Å². The van der Waals surface area contributed by atoms with Crippen LogP contribution in [-0.2, 0) is 11.3 Å². The third kappa shape index (κ3) is 5.58. The smallest absolute Gasteiger partial charge is 0.224 e. The van der Waals surface area contributed by atoms with Gasteiger partial charge < -0.3 is 5.32 Å². The number of hydrogen-bond donors (Lipinski definition) is 1. The lowest BCUT2D eigenvalue weighted by molar-refractivity contribution is -0.127. The van der Waals surface area contributed by atoms with Crippen molar-refractivity contribution in [3.63, 3.8) is 0 Å². The Hall–Kier alpha value is -1.91. The Morgan fingerprint density at radius 1 is 1.28 bits per heavy atom. The van der Waals surface area contributed by atoms with Gasteiger partial charge in [-0.2, -0.15) is 0 Å². The standard InChI is InChI=1S/C24H30ClFN2O/c1-4-17(3)27-24(29)21-12-20(18-9-10-23(26)16(2)11-18)14-28(15-21)13-19-7-5-6-8-22(19)25/h5-11,17,20-21H,4,12-15H2,1-3H3,(H,27,29)/t17-,20+,21+/m1/s1. The Balaban J connectivity index is 1.83. The average Bonchev–Trinajstić information content (AvgIpc) is 2.71. The van der Waals surface area contributed by atoms with Crippen molar-refractivity contribution >= 4 is 17.5 Å². The second-order valence-electron chi connectivity index (χ2n) is 8.24. The predicted molar refractivity (Wildman–Crippen MR) is 117 cm³/mol. The number of halogens is 2. The second kappa shape index (κ2) is 9.73. The minimum Gasteiger partial charge on any atom is -0.353 e. The Kier molecular flexibility index (Phi) is 7.31. The number of likely N-dealkylation sites (tertiary alicyclic amines) is 1. The summed E-state index contributed by atoms with van der Waals surface area (Å²) in [5.74, 6) is -0.00981. The number of nitrogens with zero attached hydrogens (tertiary/aromatic N) is 1. The van der Waals surface area contributed by atoms with E-state index < -0.39 is 0 Å². The van der Waals surface area contributed by atoms with Crippen LogP contribution >= 0.6 is 11.6 Å². The summed E-state index contributed by atoms with van der Waals surface area (Å²) < 4.78 is 13.8. The molecule has 2 aromatic carbocycles. The van der Waals surface area contributed by atoms with E-state index in [9.17, 15) is 9.18 Å². The molecule has 29 heavy (non-hydrogen) atoms.